The monoisotopic (exact) mass is 333 g/mol. The number of H-pyrrole nitrogens is 1. The Labute approximate surface area is 147 Å². The van der Waals surface area contributed by atoms with Gasteiger partial charge in [-0.2, -0.15) is 0 Å². The lowest BCUT2D eigenvalue weighted by Crippen LogP contribution is -2.39. The molecule has 4 nitrogen and oxygen atoms in total. The molecule has 4 rings (SSSR count). The summed E-state index contributed by atoms with van der Waals surface area (Å²) in [5, 5.41) is 0. The molecule has 3 aromatic rings. The standard InChI is InChI=1S/C21H23N3O/c1-14-6-3-4-8-18(14)17-7-5-11-24(13-17)21(25)16-9-10-19-20(12-16)23-15(2)22-19/h3-4,6,8-10,12,17H,5,7,11,13H2,1-2H3,(H,22,23)/t17-/m0/s1. The topological polar surface area (TPSA) is 49.0 Å². The second-order valence-corrected chi connectivity index (χ2v) is 7.00. The molecular formula is C21H23N3O. The number of fused-ring (bicyclic) bond motifs is 1. The van der Waals surface area contributed by atoms with E-state index in [4.69, 9.17) is 0 Å². The molecule has 0 saturated carbocycles. The summed E-state index contributed by atoms with van der Waals surface area (Å²) in [5.74, 6) is 1.42. The molecule has 1 amide bonds. The third-order valence-corrected chi connectivity index (χ3v) is 5.18. The van der Waals surface area contributed by atoms with Crippen LogP contribution in [0.2, 0.25) is 0 Å². The SMILES string of the molecule is Cc1nc2ccc(C(=O)N3CCC[C@H](c4ccccc4C)C3)cc2[nH]1. The van der Waals surface area contributed by atoms with Gasteiger partial charge in [0.25, 0.3) is 5.91 Å². The fraction of sp³-hybridized carbons (Fsp3) is 0.333. The van der Waals surface area contributed by atoms with Crippen molar-refractivity contribution in [3.8, 4) is 0 Å². The second-order valence-electron chi connectivity index (χ2n) is 7.00. The molecule has 0 unspecified atom stereocenters. The summed E-state index contributed by atoms with van der Waals surface area (Å²) in [5.41, 5.74) is 5.26. The largest absolute Gasteiger partial charge is 0.342 e. The Kier molecular flexibility index (Phi) is 4.04. The van der Waals surface area contributed by atoms with Crippen LogP contribution in [0, 0.1) is 13.8 Å². The molecule has 4 heteroatoms. The molecule has 25 heavy (non-hydrogen) atoms. The van der Waals surface area contributed by atoms with Crippen LogP contribution in [-0.4, -0.2) is 33.9 Å². The van der Waals surface area contributed by atoms with Gasteiger partial charge >= 0.3 is 0 Å². The number of aromatic amines is 1. The Morgan fingerprint density at radius 3 is 2.88 bits per heavy atom. The number of likely N-dealkylation sites (tertiary alicyclic amines) is 1. The van der Waals surface area contributed by atoms with Crippen molar-refractivity contribution in [1.29, 1.82) is 0 Å². The number of imidazole rings is 1. The number of hydrogen-bond donors (Lipinski definition) is 1. The number of amides is 1. The van der Waals surface area contributed by atoms with Crippen LogP contribution in [0.25, 0.3) is 11.0 Å². The van der Waals surface area contributed by atoms with Crippen molar-refractivity contribution in [2.75, 3.05) is 13.1 Å². The van der Waals surface area contributed by atoms with E-state index in [2.05, 4.69) is 41.2 Å². The number of aryl methyl sites for hydroxylation is 2. The molecule has 1 aliphatic heterocycles. The molecule has 1 saturated heterocycles. The zero-order valence-electron chi connectivity index (χ0n) is 14.7. The Morgan fingerprint density at radius 1 is 1.20 bits per heavy atom. The van der Waals surface area contributed by atoms with Gasteiger partial charge < -0.3 is 9.88 Å². The highest BCUT2D eigenvalue weighted by Crippen LogP contribution is 2.30. The maximum atomic E-state index is 13.0. The molecule has 1 atom stereocenters. The average molecular weight is 333 g/mol. The quantitative estimate of drug-likeness (QED) is 0.764. The Hall–Kier alpha value is -2.62. The van der Waals surface area contributed by atoms with Crippen LogP contribution >= 0.6 is 0 Å². The van der Waals surface area contributed by atoms with Gasteiger partial charge in [0.2, 0.25) is 0 Å². The zero-order chi connectivity index (χ0) is 17.4. The van der Waals surface area contributed by atoms with E-state index in [0.717, 1.165) is 48.4 Å². The highest BCUT2D eigenvalue weighted by Gasteiger charge is 2.26. The first kappa shape index (κ1) is 15.9. The highest BCUT2D eigenvalue weighted by molar-refractivity contribution is 5.97. The highest BCUT2D eigenvalue weighted by atomic mass is 16.2. The Balaban J connectivity index is 1.57. The predicted octanol–water partition coefficient (Wildman–Crippen LogP) is 4.20. The predicted molar refractivity (Wildman–Crippen MR) is 99.9 cm³/mol. The summed E-state index contributed by atoms with van der Waals surface area (Å²) in [6.07, 6.45) is 2.20. The van der Waals surface area contributed by atoms with Crippen molar-refractivity contribution in [3.05, 3.63) is 65.0 Å². The number of rotatable bonds is 2. The number of hydrogen-bond acceptors (Lipinski definition) is 2. The smallest absolute Gasteiger partial charge is 0.253 e. The molecule has 1 aliphatic rings. The minimum Gasteiger partial charge on any atom is -0.342 e. The minimum absolute atomic E-state index is 0.118. The number of piperidine rings is 1. The van der Waals surface area contributed by atoms with E-state index in [1.165, 1.54) is 11.1 Å². The number of carbonyl (C=O) groups excluding carboxylic acids is 1. The van der Waals surface area contributed by atoms with Gasteiger partial charge in [-0.05, 0) is 56.0 Å². The number of aromatic nitrogens is 2. The molecule has 0 bridgehead atoms. The van der Waals surface area contributed by atoms with E-state index in [0.29, 0.717) is 5.92 Å². The van der Waals surface area contributed by atoms with E-state index in [1.807, 2.05) is 30.0 Å². The zero-order valence-corrected chi connectivity index (χ0v) is 14.7. The van der Waals surface area contributed by atoms with Gasteiger partial charge in [-0.15, -0.1) is 0 Å². The number of nitrogens with zero attached hydrogens (tertiary/aromatic N) is 2. The van der Waals surface area contributed by atoms with Gasteiger partial charge in [-0.25, -0.2) is 4.98 Å². The number of nitrogens with one attached hydrogen (secondary N) is 1. The van der Waals surface area contributed by atoms with Gasteiger partial charge in [0.05, 0.1) is 11.0 Å². The van der Waals surface area contributed by atoms with Crippen LogP contribution in [0.3, 0.4) is 0 Å². The van der Waals surface area contributed by atoms with Gasteiger partial charge in [0.1, 0.15) is 5.82 Å². The molecule has 1 aromatic heterocycles. The molecule has 128 valence electrons. The van der Waals surface area contributed by atoms with Gasteiger partial charge in [0.15, 0.2) is 0 Å². The molecule has 1 fully saturated rings. The van der Waals surface area contributed by atoms with Gasteiger partial charge in [0, 0.05) is 24.6 Å². The summed E-state index contributed by atoms with van der Waals surface area (Å²) in [7, 11) is 0. The van der Waals surface area contributed by atoms with E-state index < -0.39 is 0 Å². The number of benzene rings is 2. The molecule has 0 radical (unpaired) electrons. The van der Waals surface area contributed by atoms with Crippen molar-refractivity contribution in [1.82, 2.24) is 14.9 Å². The third-order valence-electron chi connectivity index (χ3n) is 5.18. The van der Waals surface area contributed by atoms with Crippen LogP contribution in [0.1, 0.15) is 46.1 Å². The van der Waals surface area contributed by atoms with Crippen LogP contribution in [0.4, 0.5) is 0 Å². The summed E-state index contributed by atoms with van der Waals surface area (Å²) in [6, 6.07) is 14.3. The van der Waals surface area contributed by atoms with E-state index in [-0.39, 0.29) is 5.91 Å². The average Bonchev–Trinajstić information content (AvgIpc) is 3.00. The lowest BCUT2D eigenvalue weighted by molar-refractivity contribution is 0.0707. The fourth-order valence-electron chi connectivity index (χ4n) is 3.91. The third kappa shape index (κ3) is 3.04. The molecule has 1 N–H and O–H groups in total. The van der Waals surface area contributed by atoms with E-state index in [9.17, 15) is 4.79 Å². The fourth-order valence-corrected chi connectivity index (χ4v) is 3.91. The van der Waals surface area contributed by atoms with Crippen LogP contribution in [-0.2, 0) is 0 Å². The summed E-state index contributed by atoms with van der Waals surface area (Å²) in [6.45, 7) is 5.72. The summed E-state index contributed by atoms with van der Waals surface area (Å²) < 4.78 is 0. The van der Waals surface area contributed by atoms with Gasteiger partial charge in [-0.3, -0.25) is 4.79 Å². The maximum Gasteiger partial charge on any atom is 0.253 e. The molecule has 0 aliphatic carbocycles. The first-order valence-electron chi connectivity index (χ1n) is 8.93. The minimum atomic E-state index is 0.118. The summed E-state index contributed by atoms with van der Waals surface area (Å²) in [4.78, 5) is 22.6. The Bertz CT molecular complexity index is 928. The van der Waals surface area contributed by atoms with Crippen LogP contribution in [0.5, 0.6) is 0 Å². The normalized spacial score (nSPS) is 17.8. The number of carbonyl (C=O) groups is 1. The molecule has 2 aromatic carbocycles. The van der Waals surface area contributed by atoms with Crippen LogP contribution in [0.15, 0.2) is 42.5 Å². The van der Waals surface area contributed by atoms with Crippen molar-refractivity contribution >= 4 is 16.9 Å². The Morgan fingerprint density at radius 2 is 2.04 bits per heavy atom. The second kappa shape index (κ2) is 6.36. The maximum absolute atomic E-state index is 13.0. The van der Waals surface area contributed by atoms with E-state index >= 15 is 0 Å². The molecule has 2 heterocycles. The van der Waals surface area contributed by atoms with Crippen molar-refractivity contribution in [3.63, 3.8) is 0 Å². The summed E-state index contributed by atoms with van der Waals surface area (Å²) >= 11 is 0. The first-order chi connectivity index (χ1) is 12.1. The van der Waals surface area contributed by atoms with E-state index in [1.54, 1.807) is 0 Å². The van der Waals surface area contributed by atoms with Crippen molar-refractivity contribution < 1.29 is 4.79 Å². The lowest BCUT2D eigenvalue weighted by atomic mass is 9.88. The lowest BCUT2D eigenvalue weighted by Gasteiger charge is -2.33. The first-order valence-corrected chi connectivity index (χ1v) is 8.93. The molecular weight excluding hydrogens is 310 g/mol. The van der Waals surface area contributed by atoms with Gasteiger partial charge in [-0.1, -0.05) is 24.3 Å². The van der Waals surface area contributed by atoms with Crippen molar-refractivity contribution in [2.45, 2.75) is 32.6 Å². The molecule has 0 spiro atoms. The van der Waals surface area contributed by atoms with Crippen LogP contribution < -0.4 is 0 Å². The van der Waals surface area contributed by atoms with Crippen molar-refractivity contribution in [2.24, 2.45) is 0 Å².